The lowest BCUT2D eigenvalue weighted by Crippen LogP contribution is -2.04. The van der Waals surface area contributed by atoms with E-state index in [0.29, 0.717) is 41.4 Å². The van der Waals surface area contributed by atoms with Crippen LogP contribution in [0, 0.1) is 5.82 Å². The summed E-state index contributed by atoms with van der Waals surface area (Å²) in [5.74, 6) is 0.968. The van der Waals surface area contributed by atoms with E-state index in [0.717, 1.165) is 29.4 Å². The Hall–Kier alpha value is -4.53. The monoisotopic (exact) mass is 455 g/mol. The molecule has 170 valence electrons. The van der Waals surface area contributed by atoms with Crippen LogP contribution in [0.2, 0.25) is 0 Å². The number of halogens is 1. The van der Waals surface area contributed by atoms with Crippen molar-refractivity contribution in [3.05, 3.63) is 102 Å². The zero-order valence-electron chi connectivity index (χ0n) is 18.2. The van der Waals surface area contributed by atoms with E-state index in [1.54, 1.807) is 24.4 Å². The summed E-state index contributed by atoms with van der Waals surface area (Å²) < 4.78 is 21.8. The number of anilines is 2. The van der Waals surface area contributed by atoms with Crippen molar-refractivity contribution in [3.8, 4) is 5.88 Å². The number of hydrogen-bond acceptors (Lipinski definition) is 7. The molecular weight excluding hydrogens is 433 g/mol. The molecule has 0 saturated carbocycles. The van der Waals surface area contributed by atoms with Crippen molar-refractivity contribution in [1.29, 1.82) is 0 Å². The van der Waals surface area contributed by atoms with E-state index in [1.165, 1.54) is 6.33 Å². The molecule has 9 heteroatoms. The minimum Gasteiger partial charge on any atom is -0.473 e. The highest BCUT2D eigenvalue weighted by molar-refractivity contribution is 5.91. The van der Waals surface area contributed by atoms with Gasteiger partial charge in [0.25, 0.3) is 0 Å². The summed E-state index contributed by atoms with van der Waals surface area (Å²) in [5, 5.41) is 8.47. The van der Waals surface area contributed by atoms with Crippen LogP contribution in [-0.2, 0) is 19.7 Å². The molecule has 2 aromatic carbocycles. The Labute approximate surface area is 195 Å². The third-order valence-electron chi connectivity index (χ3n) is 5.36. The van der Waals surface area contributed by atoms with Crippen LogP contribution in [0.3, 0.4) is 0 Å². The standard InChI is InChI=1S/C25H22FN7O/c26-22-13-29-25(27)20-7-6-19(10-21(20)22)12-28-23-11-24(31-16-30-23)34-15-18-4-2-17(3-5-18)14-33-9-1-8-32-33/h1-11,13,16H,12,14-15H2,(H2,27,29)(H,28,30,31). The minimum absolute atomic E-state index is 0.307. The smallest absolute Gasteiger partial charge is 0.218 e. The van der Waals surface area contributed by atoms with Crippen molar-refractivity contribution in [2.45, 2.75) is 19.7 Å². The number of aromatic nitrogens is 5. The summed E-state index contributed by atoms with van der Waals surface area (Å²) >= 11 is 0. The van der Waals surface area contributed by atoms with Gasteiger partial charge in [0.15, 0.2) is 0 Å². The fraction of sp³-hybridized carbons (Fsp3) is 0.120. The molecule has 0 saturated heterocycles. The summed E-state index contributed by atoms with van der Waals surface area (Å²) in [4.78, 5) is 12.3. The van der Waals surface area contributed by atoms with Crippen molar-refractivity contribution in [3.63, 3.8) is 0 Å². The first-order valence-electron chi connectivity index (χ1n) is 10.7. The van der Waals surface area contributed by atoms with Crippen molar-refractivity contribution in [2.24, 2.45) is 0 Å². The number of ether oxygens (including phenoxy) is 1. The fourth-order valence-electron chi connectivity index (χ4n) is 3.57. The molecule has 0 unspecified atom stereocenters. The molecule has 0 aliphatic carbocycles. The molecule has 3 N–H and O–H groups in total. The number of nitrogens with zero attached hydrogens (tertiary/aromatic N) is 5. The van der Waals surface area contributed by atoms with Crippen LogP contribution in [0.4, 0.5) is 16.0 Å². The Morgan fingerprint density at radius 1 is 0.941 bits per heavy atom. The maximum Gasteiger partial charge on any atom is 0.218 e. The normalized spacial score (nSPS) is 11.0. The molecule has 8 nitrogen and oxygen atoms in total. The second-order valence-corrected chi connectivity index (χ2v) is 7.78. The first kappa shape index (κ1) is 21.3. The lowest BCUT2D eigenvalue weighted by atomic mass is 10.1. The maximum atomic E-state index is 14.1. The molecular formula is C25H22FN7O. The van der Waals surface area contributed by atoms with Crippen LogP contribution in [0.1, 0.15) is 16.7 Å². The summed E-state index contributed by atoms with van der Waals surface area (Å²) in [5.41, 5.74) is 8.91. The fourth-order valence-corrected chi connectivity index (χ4v) is 3.57. The van der Waals surface area contributed by atoms with Gasteiger partial charge in [0.2, 0.25) is 5.88 Å². The lowest BCUT2D eigenvalue weighted by Gasteiger charge is -2.10. The first-order valence-corrected chi connectivity index (χ1v) is 10.7. The molecule has 0 radical (unpaired) electrons. The van der Waals surface area contributed by atoms with E-state index < -0.39 is 5.82 Å². The number of hydrogen-bond donors (Lipinski definition) is 2. The number of rotatable bonds is 8. The van der Waals surface area contributed by atoms with Crippen LogP contribution in [0.25, 0.3) is 10.8 Å². The maximum absolute atomic E-state index is 14.1. The number of pyridine rings is 1. The highest BCUT2D eigenvalue weighted by atomic mass is 19.1. The molecule has 0 fully saturated rings. The molecule has 0 aliphatic heterocycles. The van der Waals surface area contributed by atoms with Gasteiger partial charge in [-0.25, -0.2) is 19.3 Å². The Bertz CT molecular complexity index is 1410. The average molecular weight is 455 g/mol. The third-order valence-corrected chi connectivity index (χ3v) is 5.36. The molecule has 34 heavy (non-hydrogen) atoms. The molecule has 5 aromatic rings. The van der Waals surface area contributed by atoms with E-state index in [1.807, 2.05) is 35.1 Å². The second kappa shape index (κ2) is 9.53. The van der Waals surface area contributed by atoms with Gasteiger partial charge < -0.3 is 15.8 Å². The SMILES string of the molecule is Nc1ncc(F)c2cc(CNc3cc(OCc4ccc(Cn5cccn5)cc4)ncn3)ccc12. The van der Waals surface area contributed by atoms with Crippen LogP contribution >= 0.6 is 0 Å². The van der Waals surface area contributed by atoms with Crippen molar-refractivity contribution in [2.75, 3.05) is 11.1 Å². The molecule has 0 spiro atoms. The highest BCUT2D eigenvalue weighted by Gasteiger charge is 2.07. The summed E-state index contributed by atoms with van der Waals surface area (Å²) in [6.45, 7) is 1.56. The van der Waals surface area contributed by atoms with Gasteiger partial charge in [0.05, 0.1) is 12.7 Å². The predicted octanol–water partition coefficient (Wildman–Crippen LogP) is 4.18. The van der Waals surface area contributed by atoms with Gasteiger partial charge in [-0.3, -0.25) is 4.68 Å². The Balaban J connectivity index is 1.19. The van der Waals surface area contributed by atoms with Gasteiger partial charge in [-0.2, -0.15) is 5.10 Å². The van der Waals surface area contributed by atoms with Crippen LogP contribution in [-0.4, -0.2) is 24.7 Å². The zero-order chi connectivity index (χ0) is 23.3. The molecule has 0 bridgehead atoms. The largest absolute Gasteiger partial charge is 0.473 e. The second-order valence-electron chi connectivity index (χ2n) is 7.78. The Morgan fingerprint density at radius 3 is 2.59 bits per heavy atom. The zero-order valence-corrected chi connectivity index (χ0v) is 18.2. The quantitative estimate of drug-likeness (QED) is 0.362. The van der Waals surface area contributed by atoms with E-state index in [-0.39, 0.29) is 0 Å². The Kier molecular flexibility index (Phi) is 5.98. The number of nitrogens with two attached hydrogens (primary N) is 1. The molecule has 0 atom stereocenters. The van der Waals surface area contributed by atoms with E-state index in [2.05, 4.69) is 37.5 Å². The highest BCUT2D eigenvalue weighted by Crippen LogP contribution is 2.23. The molecule has 3 aromatic heterocycles. The Morgan fingerprint density at radius 2 is 1.76 bits per heavy atom. The van der Waals surface area contributed by atoms with Gasteiger partial charge in [0.1, 0.15) is 30.4 Å². The van der Waals surface area contributed by atoms with Crippen molar-refractivity contribution < 1.29 is 9.13 Å². The van der Waals surface area contributed by atoms with Gasteiger partial charge in [0, 0.05) is 35.8 Å². The molecule has 0 amide bonds. The summed E-state index contributed by atoms with van der Waals surface area (Å²) in [6, 6.07) is 17.2. The van der Waals surface area contributed by atoms with E-state index >= 15 is 0 Å². The van der Waals surface area contributed by atoms with Crippen molar-refractivity contribution >= 4 is 22.4 Å². The van der Waals surface area contributed by atoms with Crippen LogP contribution in [0.5, 0.6) is 5.88 Å². The number of nitrogens with one attached hydrogen (secondary N) is 1. The minimum atomic E-state index is -0.404. The van der Waals surface area contributed by atoms with E-state index in [9.17, 15) is 4.39 Å². The number of benzene rings is 2. The van der Waals surface area contributed by atoms with E-state index in [4.69, 9.17) is 10.5 Å². The third kappa shape index (κ3) is 4.93. The van der Waals surface area contributed by atoms with Gasteiger partial charge in [-0.05, 0) is 28.8 Å². The average Bonchev–Trinajstić information content (AvgIpc) is 3.38. The summed E-state index contributed by atoms with van der Waals surface area (Å²) in [6.07, 6.45) is 6.28. The molecule has 3 heterocycles. The van der Waals surface area contributed by atoms with Gasteiger partial charge in [-0.15, -0.1) is 0 Å². The predicted molar refractivity (Wildman–Crippen MR) is 128 cm³/mol. The van der Waals surface area contributed by atoms with Gasteiger partial charge >= 0.3 is 0 Å². The number of nitrogen functional groups attached to an aromatic ring is 1. The number of fused-ring (bicyclic) bond motifs is 1. The van der Waals surface area contributed by atoms with Crippen molar-refractivity contribution in [1.82, 2.24) is 24.7 Å². The van der Waals surface area contributed by atoms with Gasteiger partial charge in [-0.1, -0.05) is 36.4 Å². The molecule has 0 aliphatic rings. The summed E-state index contributed by atoms with van der Waals surface area (Å²) in [7, 11) is 0. The first-order chi connectivity index (χ1) is 16.6. The van der Waals surface area contributed by atoms with Crippen LogP contribution in [0.15, 0.2) is 79.5 Å². The van der Waals surface area contributed by atoms with Crippen LogP contribution < -0.4 is 15.8 Å². The lowest BCUT2D eigenvalue weighted by molar-refractivity contribution is 0.293. The molecule has 5 rings (SSSR count). The topological polar surface area (TPSA) is 104 Å².